The van der Waals surface area contributed by atoms with E-state index in [-0.39, 0.29) is 17.6 Å². The Balaban J connectivity index is 1.91. The summed E-state index contributed by atoms with van der Waals surface area (Å²) >= 11 is 0. The van der Waals surface area contributed by atoms with Crippen molar-refractivity contribution in [1.29, 1.82) is 0 Å². The molecule has 1 aromatic carbocycles. The van der Waals surface area contributed by atoms with Gasteiger partial charge >= 0.3 is 0 Å². The van der Waals surface area contributed by atoms with Gasteiger partial charge in [-0.2, -0.15) is 0 Å². The number of amides is 2. The van der Waals surface area contributed by atoms with E-state index in [1.54, 1.807) is 24.3 Å². The van der Waals surface area contributed by atoms with Crippen molar-refractivity contribution in [3.05, 3.63) is 29.8 Å². The smallest absolute Gasteiger partial charge is 0.243 e. The highest BCUT2D eigenvalue weighted by Gasteiger charge is 2.32. The summed E-state index contributed by atoms with van der Waals surface area (Å²) in [6.45, 7) is 0.589. The highest BCUT2D eigenvalue weighted by atomic mass is 16.3. The van der Waals surface area contributed by atoms with Crippen LogP contribution in [-0.4, -0.2) is 35.5 Å². The molecule has 0 saturated carbocycles. The Morgan fingerprint density at radius 1 is 1.00 bits per heavy atom. The molecule has 1 aliphatic rings. The molecule has 1 aliphatic heterocycles. The maximum atomic E-state index is 12.1. The number of aromatic hydroxyl groups is 1. The molecule has 2 amide bonds. The first-order chi connectivity index (χ1) is 10.1. The van der Waals surface area contributed by atoms with Crippen molar-refractivity contribution in [1.82, 2.24) is 10.6 Å². The first kappa shape index (κ1) is 15.3. The van der Waals surface area contributed by atoms with Crippen LogP contribution in [0.15, 0.2) is 24.3 Å². The molecule has 0 spiro atoms. The molecular formula is C15H21N3O3. The zero-order valence-corrected chi connectivity index (χ0v) is 11.8. The summed E-state index contributed by atoms with van der Waals surface area (Å²) in [5.74, 6) is -0.133. The van der Waals surface area contributed by atoms with E-state index < -0.39 is 12.1 Å². The third-order valence-electron chi connectivity index (χ3n) is 3.59. The standard InChI is InChI=1S/C15H21N3O3/c16-8-2-1-3-12-14(20)18-13(15(21)17-12)9-10-4-6-11(19)7-5-10/h4-7,12-13,19H,1-3,8-9,16H2,(H,17,21)(H,18,20)/t12-,13-/m0/s1. The second-order valence-corrected chi connectivity index (χ2v) is 5.28. The fraction of sp³-hybridized carbons (Fsp3) is 0.467. The maximum Gasteiger partial charge on any atom is 0.243 e. The minimum absolute atomic E-state index is 0.143. The van der Waals surface area contributed by atoms with Crippen molar-refractivity contribution in [2.45, 2.75) is 37.8 Å². The van der Waals surface area contributed by atoms with Gasteiger partial charge in [0.25, 0.3) is 0 Å². The molecule has 0 bridgehead atoms. The lowest BCUT2D eigenvalue weighted by molar-refractivity contribution is -0.136. The molecule has 1 saturated heterocycles. The van der Waals surface area contributed by atoms with Crippen LogP contribution in [0.25, 0.3) is 0 Å². The van der Waals surface area contributed by atoms with E-state index in [2.05, 4.69) is 10.6 Å². The van der Waals surface area contributed by atoms with Crippen molar-refractivity contribution in [2.75, 3.05) is 6.54 Å². The molecule has 6 heteroatoms. The van der Waals surface area contributed by atoms with Crippen LogP contribution >= 0.6 is 0 Å². The van der Waals surface area contributed by atoms with Gasteiger partial charge in [-0.15, -0.1) is 0 Å². The molecule has 1 fully saturated rings. The Hall–Kier alpha value is -2.08. The highest BCUT2D eigenvalue weighted by molar-refractivity contribution is 5.97. The predicted octanol–water partition coefficient (Wildman–Crippen LogP) is 0.0469. The van der Waals surface area contributed by atoms with Gasteiger partial charge in [-0.05, 0) is 43.5 Å². The number of hydrogen-bond acceptors (Lipinski definition) is 4. The normalized spacial score (nSPS) is 21.8. The van der Waals surface area contributed by atoms with Crippen LogP contribution in [0.2, 0.25) is 0 Å². The number of piperazine rings is 1. The third-order valence-corrected chi connectivity index (χ3v) is 3.59. The SMILES string of the molecule is NCCCC[C@@H]1NC(=O)[C@H](Cc2ccc(O)cc2)NC1=O. The lowest BCUT2D eigenvalue weighted by Crippen LogP contribution is -2.62. The molecule has 6 nitrogen and oxygen atoms in total. The van der Waals surface area contributed by atoms with Gasteiger partial charge < -0.3 is 21.5 Å². The zero-order valence-electron chi connectivity index (χ0n) is 11.8. The van der Waals surface area contributed by atoms with E-state index in [0.717, 1.165) is 18.4 Å². The summed E-state index contributed by atoms with van der Waals surface area (Å²) in [5.41, 5.74) is 6.30. The minimum atomic E-state index is -0.562. The van der Waals surface area contributed by atoms with Crippen molar-refractivity contribution in [3.8, 4) is 5.75 Å². The number of rotatable bonds is 6. The van der Waals surface area contributed by atoms with Gasteiger partial charge in [0.05, 0.1) is 0 Å². The Morgan fingerprint density at radius 2 is 1.62 bits per heavy atom. The molecule has 0 radical (unpaired) electrons. The average Bonchev–Trinajstić information content (AvgIpc) is 2.46. The van der Waals surface area contributed by atoms with Gasteiger partial charge in [0, 0.05) is 6.42 Å². The second kappa shape index (κ2) is 7.08. The summed E-state index contributed by atoms with van der Waals surface area (Å²) in [5, 5.41) is 14.8. The van der Waals surface area contributed by atoms with Crippen molar-refractivity contribution < 1.29 is 14.7 Å². The topological polar surface area (TPSA) is 104 Å². The molecule has 0 aromatic heterocycles. The fourth-order valence-electron chi connectivity index (χ4n) is 2.38. The van der Waals surface area contributed by atoms with E-state index in [9.17, 15) is 14.7 Å². The number of unbranched alkanes of at least 4 members (excludes halogenated alkanes) is 1. The Morgan fingerprint density at radius 3 is 2.29 bits per heavy atom. The number of benzene rings is 1. The van der Waals surface area contributed by atoms with Crippen molar-refractivity contribution in [2.24, 2.45) is 5.73 Å². The Labute approximate surface area is 123 Å². The molecule has 114 valence electrons. The maximum absolute atomic E-state index is 12.1. The zero-order chi connectivity index (χ0) is 15.2. The van der Waals surface area contributed by atoms with Crippen LogP contribution in [0.4, 0.5) is 0 Å². The number of nitrogens with two attached hydrogens (primary N) is 1. The van der Waals surface area contributed by atoms with Gasteiger partial charge in [-0.3, -0.25) is 9.59 Å². The Bertz CT molecular complexity index is 501. The molecule has 5 N–H and O–H groups in total. The van der Waals surface area contributed by atoms with Crippen molar-refractivity contribution in [3.63, 3.8) is 0 Å². The number of carbonyl (C=O) groups is 2. The van der Waals surface area contributed by atoms with Gasteiger partial charge in [0.2, 0.25) is 11.8 Å². The van der Waals surface area contributed by atoms with Gasteiger partial charge in [0.1, 0.15) is 17.8 Å². The number of nitrogens with one attached hydrogen (secondary N) is 2. The second-order valence-electron chi connectivity index (χ2n) is 5.28. The molecule has 1 heterocycles. The van der Waals surface area contributed by atoms with Gasteiger partial charge in [-0.25, -0.2) is 0 Å². The summed E-state index contributed by atoms with van der Waals surface area (Å²) in [6, 6.07) is 5.58. The predicted molar refractivity (Wildman–Crippen MR) is 78.6 cm³/mol. The summed E-state index contributed by atoms with van der Waals surface area (Å²) in [4.78, 5) is 24.0. The molecule has 2 atom stereocenters. The van der Waals surface area contributed by atoms with Crippen LogP contribution in [0.3, 0.4) is 0 Å². The first-order valence-corrected chi connectivity index (χ1v) is 7.19. The lowest BCUT2D eigenvalue weighted by Gasteiger charge is -2.29. The van der Waals surface area contributed by atoms with Crippen LogP contribution in [0.1, 0.15) is 24.8 Å². The number of phenolic OH excluding ortho intramolecular Hbond substituents is 1. The summed E-state index contributed by atoms with van der Waals surface area (Å²) in [7, 11) is 0. The minimum Gasteiger partial charge on any atom is -0.508 e. The molecule has 1 aromatic rings. The largest absolute Gasteiger partial charge is 0.508 e. The average molecular weight is 291 g/mol. The van der Waals surface area contributed by atoms with E-state index in [1.807, 2.05) is 0 Å². The molecule has 0 unspecified atom stereocenters. The fourth-order valence-corrected chi connectivity index (χ4v) is 2.38. The quantitative estimate of drug-likeness (QED) is 0.556. The molecular weight excluding hydrogens is 270 g/mol. The lowest BCUT2D eigenvalue weighted by atomic mass is 10.00. The van der Waals surface area contributed by atoms with Crippen LogP contribution in [-0.2, 0) is 16.0 Å². The third kappa shape index (κ3) is 4.19. The highest BCUT2D eigenvalue weighted by Crippen LogP contribution is 2.13. The summed E-state index contributed by atoms with van der Waals surface area (Å²) in [6.07, 6.45) is 2.68. The monoisotopic (exact) mass is 291 g/mol. The van der Waals surface area contributed by atoms with E-state index >= 15 is 0 Å². The number of carbonyl (C=O) groups excluding carboxylic acids is 2. The van der Waals surface area contributed by atoms with E-state index in [0.29, 0.717) is 19.4 Å². The number of hydrogen-bond donors (Lipinski definition) is 4. The number of phenols is 1. The van der Waals surface area contributed by atoms with Crippen LogP contribution in [0, 0.1) is 0 Å². The van der Waals surface area contributed by atoms with Crippen molar-refractivity contribution >= 4 is 11.8 Å². The molecule has 2 rings (SSSR count). The molecule has 0 aliphatic carbocycles. The molecule has 21 heavy (non-hydrogen) atoms. The first-order valence-electron chi connectivity index (χ1n) is 7.19. The summed E-state index contributed by atoms with van der Waals surface area (Å²) < 4.78 is 0. The van der Waals surface area contributed by atoms with Gasteiger partial charge in [-0.1, -0.05) is 12.1 Å². The van der Waals surface area contributed by atoms with E-state index in [1.165, 1.54) is 0 Å². The Kier molecular flexibility index (Phi) is 5.16. The van der Waals surface area contributed by atoms with Crippen LogP contribution in [0.5, 0.6) is 5.75 Å². The van der Waals surface area contributed by atoms with Crippen LogP contribution < -0.4 is 16.4 Å². The van der Waals surface area contributed by atoms with E-state index in [4.69, 9.17) is 5.73 Å². The van der Waals surface area contributed by atoms with Gasteiger partial charge in [0.15, 0.2) is 0 Å².